The van der Waals surface area contributed by atoms with E-state index in [1.165, 1.54) is 64.4 Å². The van der Waals surface area contributed by atoms with Crippen LogP contribution in [0.25, 0.3) is 12.2 Å². The molecule has 0 spiro atoms. The molecule has 38 heteroatoms. The molecular weight excluding hydrogens is 1180 g/mol. The second-order valence-corrected chi connectivity index (χ2v) is 19.4. The summed E-state index contributed by atoms with van der Waals surface area (Å²) in [4.78, 5) is 52.1. The molecule has 2 aromatic heterocycles. The molecule has 10 N–H and O–H groups in total. The van der Waals surface area contributed by atoms with Crippen LogP contribution in [0.5, 0.6) is 0 Å². The second-order valence-electron chi connectivity index (χ2n) is 15.2. The molecule has 0 radical (unpaired) electrons. The Balaban J connectivity index is 0.00000547. The van der Waals surface area contributed by atoms with Crippen LogP contribution in [0.3, 0.4) is 0 Å². The van der Waals surface area contributed by atoms with Gasteiger partial charge in [0.1, 0.15) is 20.2 Å². The minimum atomic E-state index is -5.20. The summed E-state index contributed by atoms with van der Waals surface area (Å²) in [5.74, 6) is -1.84. The number of benzene rings is 4. The summed E-state index contributed by atoms with van der Waals surface area (Å²) in [6.07, 6.45) is 2.43. The number of nitrogens with one attached hydrogen (secondary N) is 4. The predicted molar refractivity (Wildman–Crippen MR) is 266 cm³/mol. The van der Waals surface area contributed by atoms with Crippen molar-refractivity contribution < 1.29 is 193 Å². The Kier molecular flexibility index (Phi) is 32.4. The Morgan fingerprint density at radius 2 is 0.950 bits per heavy atom. The van der Waals surface area contributed by atoms with Crippen molar-refractivity contribution in [2.45, 2.75) is 32.4 Å². The number of amides is 2. The Morgan fingerprint density at radius 3 is 1.38 bits per heavy atom. The van der Waals surface area contributed by atoms with Gasteiger partial charge in [-0.05, 0) is 83.9 Å². The average Bonchev–Trinajstić information content (AvgIpc) is 3.37. The van der Waals surface area contributed by atoms with E-state index in [0.29, 0.717) is 40.2 Å². The van der Waals surface area contributed by atoms with E-state index >= 15 is 0 Å². The number of primary amides is 2. The average molecular weight is 1220 g/mol. The molecule has 0 atom stereocenters. The third-order valence-electron chi connectivity index (χ3n) is 9.88. The number of aliphatic hydroxyl groups is 2. The molecule has 0 bridgehead atoms. The Labute approximate surface area is 553 Å². The number of hydrogen-bond acceptors (Lipinski definition) is 30. The molecule has 0 fully saturated rings. The number of hydrogen-bond donors (Lipinski definition) is 8. The number of nitrogens with two attached hydrogens (primary N) is 2. The van der Waals surface area contributed by atoms with Crippen LogP contribution in [0.1, 0.15) is 24.0 Å². The van der Waals surface area contributed by atoms with Crippen molar-refractivity contribution in [1.29, 1.82) is 0 Å². The SMILES string of the molecule is NC(=O)CCN(CCO)c1nc(Nc2ccc(S(=O)(=O)[O-])cc2)nc(Nc2ccc(/C=C/c3ccc(Nc4nc(Nc5ccc(SOO[O-])cc5)nc(N(CCO)CCC(N)=O)n4)cc3S(=O)(=O)[O-])c(SOO[O-])c2)n1.[Na+].[Na+].[Na+].[Na+]. The van der Waals surface area contributed by atoms with E-state index in [9.17, 15) is 56.3 Å². The van der Waals surface area contributed by atoms with Gasteiger partial charge in [-0.2, -0.15) is 38.6 Å². The van der Waals surface area contributed by atoms with E-state index in [2.05, 4.69) is 69.9 Å². The third kappa shape index (κ3) is 23.3. The van der Waals surface area contributed by atoms with E-state index in [1.54, 1.807) is 24.3 Å². The van der Waals surface area contributed by atoms with Gasteiger partial charge in [0.05, 0.1) is 47.1 Å². The summed E-state index contributed by atoms with van der Waals surface area (Å²) >= 11 is 1.12. The van der Waals surface area contributed by atoms with Gasteiger partial charge >= 0.3 is 118 Å². The molecular formula is C42H42N14Na4O16S4. The van der Waals surface area contributed by atoms with Crippen LogP contribution in [0.2, 0.25) is 0 Å². The Bertz CT molecular complexity index is 3250. The van der Waals surface area contributed by atoms with Crippen molar-refractivity contribution in [3.8, 4) is 0 Å². The quantitative estimate of drug-likeness (QED) is 0.00518. The van der Waals surface area contributed by atoms with Crippen LogP contribution in [0.15, 0.2) is 105 Å². The maximum atomic E-state index is 12.8. The fourth-order valence-electron chi connectivity index (χ4n) is 6.48. The maximum absolute atomic E-state index is 12.8. The van der Waals surface area contributed by atoms with Crippen LogP contribution in [-0.2, 0) is 48.6 Å². The first-order chi connectivity index (χ1) is 36.3. The molecule has 0 aliphatic carbocycles. The number of aromatic nitrogens is 6. The summed E-state index contributed by atoms with van der Waals surface area (Å²) in [7, 11) is -9.95. The van der Waals surface area contributed by atoms with Gasteiger partial charge in [0.2, 0.25) is 47.5 Å². The first-order valence-corrected chi connectivity index (χ1v) is 25.9. The Hall–Kier alpha value is -3.42. The summed E-state index contributed by atoms with van der Waals surface area (Å²) in [6, 6.07) is 19.3. The maximum Gasteiger partial charge on any atom is 1.00 e. The molecule has 0 unspecified atom stereocenters. The third-order valence-corrected chi connectivity index (χ3v) is 12.9. The number of carbonyl (C=O) groups excluding carboxylic acids is 2. The fraction of sp³-hybridized carbons (Fsp3) is 0.190. The van der Waals surface area contributed by atoms with Crippen molar-refractivity contribution in [1.82, 2.24) is 29.9 Å². The van der Waals surface area contributed by atoms with Crippen LogP contribution in [-0.4, -0.2) is 117 Å². The molecule has 4 aromatic carbocycles. The molecule has 30 nitrogen and oxygen atoms in total. The smallest absolute Gasteiger partial charge is 0.744 e. The van der Waals surface area contributed by atoms with Gasteiger partial charge in [-0.25, -0.2) is 16.8 Å². The monoisotopic (exact) mass is 1220 g/mol. The van der Waals surface area contributed by atoms with Gasteiger partial charge in [-0.3, -0.25) is 19.7 Å². The van der Waals surface area contributed by atoms with Crippen LogP contribution in [0, 0.1) is 0 Å². The largest absolute Gasteiger partial charge is 1.00 e. The van der Waals surface area contributed by atoms with Crippen LogP contribution in [0.4, 0.5) is 58.4 Å². The van der Waals surface area contributed by atoms with Crippen LogP contribution >= 0.6 is 24.1 Å². The normalized spacial score (nSPS) is 11.0. The molecule has 2 amide bonds. The van der Waals surface area contributed by atoms with E-state index in [0.717, 1.165) is 18.2 Å². The number of anilines is 10. The minimum absolute atomic E-state index is 0. The number of carbonyl (C=O) groups is 2. The van der Waals surface area contributed by atoms with Gasteiger partial charge in [0.25, 0.3) is 0 Å². The van der Waals surface area contributed by atoms with Gasteiger partial charge in [0, 0.05) is 71.6 Å². The Morgan fingerprint density at radius 1 is 0.550 bits per heavy atom. The zero-order valence-corrected chi connectivity index (χ0v) is 54.1. The summed E-state index contributed by atoms with van der Waals surface area (Å²) in [5, 5.41) is 59.5. The van der Waals surface area contributed by atoms with Gasteiger partial charge in [-0.15, -0.1) is 0 Å². The zero-order chi connectivity index (χ0) is 54.8. The summed E-state index contributed by atoms with van der Waals surface area (Å²) in [6.45, 7) is -0.857. The fourth-order valence-corrected chi connectivity index (χ4v) is 8.51. The van der Waals surface area contributed by atoms with E-state index < -0.39 is 41.8 Å². The molecule has 404 valence electrons. The molecule has 0 saturated heterocycles. The van der Waals surface area contributed by atoms with E-state index in [-0.39, 0.29) is 234 Å². The topological polar surface area (TPSA) is 456 Å². The van der Waals surface area contributed by atoms with Gasteiger partial charge in [0.15, 0.2) is 0 Å². The van der Waals surface area contributed by atoms with E-state index in [1.807, 2.05) is 0 Å². The molecule has 0 aliphatic heterocycles. The van der Waals surface area contributed by atoms with Crippen molar-refractivity contribution in [2.75, 3.05) is 70.5 Å². The van der Waals surface area contributed by atoms with E-state index in [4.69, 9.17) is 11.5 Å². The zero-order valence-electron chi connectivity index (χ0n) is 42.9. The number of rotatable bonds is 30. The van der Waals surface area contributed by atoms with Crippen molar-refractivity contribution in [3.05, 3.63) is 96.1 Å². The summed E-state index contributed by atoms with van der Waals surface area (Å²) in [5.41, 5.74) is 11.9. The summed E-state index contributed by atoms with van der Waals surface area (Å²) < 4.78 is 81.7. The van der Waals surface area contributed by atoms with Crippen molar-refractivity contribution in [3.63, 3.8) is 0 Å². The van der Waals surface area contributed by atoms with Gasteiger partial charge < -0.3 is 72.4 Å². The first-order valence-electron chi connectivity index (χ1n) is 21.6. The molecule has 6 rings (SSSR count). The minimum Gasteiger partial charge on any atom is -0.744 e. The predicted octanol–water partition coefficient (Wildman–Crippen LogP) is -11.2. The molecule has 2 heterocycles. The van der Waals surface area contributed by atoms with Gasteiger partial charge in [-0.1, -0.05) is 24.3 Å². The molecule has 0 saturated carbocycles. The van der Waals surface area contributed by atoms with Crippen molar-refractivity contribution >= 4 is 127 Å². The first kappa shape index (κ1) is 72.7. The second kappa shape index (κ2) is 35.7. The number of nitrogens with zero attached hydrogens (tertiary/aromatic N) is 8. The van der Waals surface area contributed by atoms with Crippen molar-refractivity contribution in [2.24, 2.45) is 11.5 Å². The molecule has 80 heavy (non-hydrogen) atoms. The number of aliphatic hydroxyl groups excluding tert-OH is 2. The molecule has 0 aliphatic rings. The molecule has 6 aromatic rings. The standard InChI is InChI=1S/C42H46N14O16S4.4Na/c43-35(59)15-17-55(19-21-57)41-52-38(46-28-9-13-32(14-10-28)75(63,64)65)49-39(53-41)47-29-5-3-25(33(23-29)74-72-70-62)1-2-26-4-6-30(24-34(26)76(66,67)68)48-40-50-37(45-27-7-11-31(12-8-27)73-71-69-61)51-42(54-40)56(20-22-58)18-16-36(44)60;;;;/h1-14,23-24,57-58,61-62H,15-22H2,(H2,43,59)(H2,44,60)(H,63,64,65)(H,66,67,68)(H2,45,48,50,51,54)(H2,46,47,49,52,53);;;;/q;4*+1/p-4/b2-1+;;;;. The van der Waals surface area contributed by atoms with Crippen LogP contribution < -0.4 is 171 Å².